The molecule has 0 N–H and O–H groups in total. The zero-order valence-electron chi connectivity index (χ0n) is 17.6. The number of carbonyl (C=O) groups excluding carboxylic acids is 1. The van der Waals surface area contributed by atoms with Gasteiger partial charge in [0.1, 0.15) is 17.3 Å². The SMILES string of the molecule is Cc1cc(-c2cc(C(=O)N(Cc3ccccc3F)C3CC3)c3c(C)noc3n2)c(C)o1. The maximum absolute atomic E-state index is 14.3. The number of hydrogen-bond acceptors (Lipinski definition) is 5. The summed E-state index contributed by atoms with van der Waals surface area (Å²) in [6.07, 6.45) is 1.81. The number of benzene rings is 1. The number of carbonyl (C=O) groups is 1. The first-order valence-corrected chi connectivity index (χ1v) is 10.3. The van der Waals surface area contributed by atoms with E-state index < -0.39 is 0 Å². The minimum Gasteiger partial charge on any atom is -0.466 e. The van der Waals surface area contributed by atoms with Gasteiger partial charge in [0.25, 0.3) is 11.6 Å². The summed E-state index contributed by atoms with van der Waals surface area (Å²) in [5, 5.41) is 4.62. The van der Waals surface area contributed by atoms with Gasteiger partial charge in [-0.15, -0.1) is 0 Å². The first-order chi connectivity index (χ1) is 14.9. The molecule has 1 amide bonds. The summed E-state index contributed by atoms with van der Waals surface area (Å²) in [6, 6.07) is 10.3. The molecule has 0 unspecified atom stereocenters. The second kappa shape index (κ2) is 7.34. The Labute approximate surface area is 178 Å². The average Bonchev–Trinajstić information content (AvgIpc) is 3.44. The first kappa shape index (κ1) is 19.5. The molecule has 1 aliphatic rings. The number of aryl methyl sites for hydroxylation is 3. The normalized spacial score (nSPS) is 13.7. The molecule has 31 heavy (non-hydrogen) atoms. The standard InChI is InChI=1S/C24H22FN3O3/c1-13-10-18(15(3)30-13)21-11-19(22-14(2)27-31-23(22)26-21)24(29)28(17-8-9-17)12-16-6-4-5-7-20(16)25/h4-7,10-11,17H,8-9,12H2,1-3H3. The number of amides is 1. The maximum atomic E-state index is 14.3. The molecule has 4 aromatic rings. The van der Waals surface area contributed by atoms with E-state index in [4.69, 9.17) is 8.94 Å². The number of hydrogen-bond donors (Lipinski definition) is 0. The third-order valence-corrected chi connectivity index (χ3v) is 5.71. The van der Waals surface area contributed by atoms with Gasteiger partial charge in [0.15, 0.2) is 0 Å². The van der Waals surface area contributed by atoms with Crippen LogP contribution in [0.5, 0.6) is 0 Å². The Balaban J connectivity index is 1.62. The number of fused-ring (bicyclic) bond motifs is 1. The summed E-state index contributed by atoms with van der Waals surface area (Å²) in [5.41, 5.74) is 3.24. The van der Waals surface area contributed by atoms with E-state index in [2.05, 4.69) is 10.1 Å². The summed E-state index contributed by atoms with van der Waals surface area (Å²) in [4.78, 5) is 20.1. The molecule has 5 rings (SSSR count). The van der Waals surface area contributed by atoms with Crippen LogP contribution in [0.15, 0.2) is 45.3 Å². The topological polar surface area (TPSA) is 72.4 Å². The minimum absolute atomic E-state index is 0.0943. The monoisotopic (exact) mass is 419 g/mol. The van der Waals surface area contributed by atoms with Crippen LogP contribution >= 0.6 is 0 Å². The lowest BCUT2D eigenvalue weighted by molar-refractivity contribution is 0.0730. The summed E-state index contributed by atoms with van der Waals surface area (Å²) < 4.78 is 25.4. The van der Waals surface area contributed by atoms with Gasteiger partial charge in [-0.05, 0) is 51.8 Å². The molecule has 1 fully saturated rings. The molecule has 3 heterocycles. The van der Waals surface area contributed by atoms with E-state index in [0.717, 1.165) is 24.2 Å². The summed E-state index contributed by atoms with van der Waals surface area (Å²) in [6.45, 7) is 5.72. The Morgan fingerprint density at radius 1 is 1.19 bits per heavy atom. The van der Waals surface area contributed by atoms with Crippen molar-refractivity contribution in [1.29, 1.82) is 0 Å². The van der Waals surface area contributed by atoms with Crippen molar-refractivity contribution in [3.8, 4) is 11.3 Å². The van der Waals surface area contributed by atoms with Gasteiger partial charge in [-0.25, -0.2) is 9.37 Å². The zero-order chi connectivity index (χ0) is 21.7. The summed E-state index contributed by atoms with van der Waals surface area (Å²) >= 11 is 0. The van der Waals surface area contributed by atoms with E-state index >= 15 is 0 Å². The molecule has 7 heteroatoms. The Morgan fingerprint density at radius 2 is 1.97 bits per heavy atom. The van der Waals surface area contributed by atoms with Gasteiger partial charge in [0.2, 0.25) is 0 Å². The van der Waals surface area contributed by atoms with Crippen LogP contribution in [0.25, 0.3) is 22.4 Å². The lowest BCUT2D eigenvalue weighted by atomic mass is 10.0. The first-order valence-electron chi connectivity index (χ1n) is 10.3. The van der Waals surface area contributed by atoms with Gasteiger partial charge < -0.3 is 13.8 Å². The molecular formula is C24H22FN3O3. The van der Waals surface area contributed by atoms with Crippen LogP contribution < -0.4 is 0 Å². The number of pyridine rings is 1. The van der Waals surface area contributed by atoms with Crippen molar-refractivity contribution in [3.63, 3.8) is 0 Å². The van der Waals surface area contributed by atoms with Crippen LogP contribution in [-0.2, 0) is 6.54 Å². The van der Waals surface area contributed by atoms with Crippen molar-refractivity contribution >= 4 is 17.0 Å². The van der Waals surface area contributed by atoms with E-state index in [-0.39, 0.29) is 24.3 Å². The van der Waals surface area contributed by atoms with Crippen LogP contribution in [0.3, 0.4) is 0 Å². The lowest BCUT2D eigenvalue weighted by Crippen LogP contribution is -2.33. The molecule has 0 saturated heterocycles. The largest absolute Gasteiger partial charge is 0.466 e. The van der Waals surface area contributed by atoms with Crippen LogP contribution in [0.1, 0.15) is 46.0 Å². The highest BCUT2D eigenvalue weighted by atomic mass is 19.1. The minimum atomic E-state index is -0.313. The fourth-order valence-corrected chi connectivity index (χ4v) is 4.00. The Hall–Kier alpha value is -3.48. The highest BCUT2D eigenvalue weighted by Gasteiger charge is 2.35. The van der Waals surface area contributed by atoms with Crippen LogP contribution in [0.4, 0.5) is 4.39 Å². The molecular weight excluding hydrogens is 397 g/mol. The lowest BCUT2D eigenvalue weighted by Gasteiger charge is -2.23. The molecule has 1 aromatic carbocycles. The van der Waals surface area contributed by atoms with Crippen molar-refractivity contribution in [2.24, 2.45) is 0 Å². The maximum Gasteiger partial charge on any atom is 0.259 e. The predicted octanol–water partition coefficient (Wildman–Crippen LogP) is 5.35. The number of aromatic nitrogens is 2. The second-order valence-electron chi connectivity index (χ2n) is 8.09. The fraction of sp³-hybridized carbons (Fsp3) is 0.292. The number of nitrogens with zero attached hydrogens (tertiary/aromatic N) is 3. The van der Waals surface area contributed by atoms with Gasteiger partial charge in [0, 0.05) is 23.7 Å². The summed E-state index contributed by atoms with van der Waals surface area (Å²) in [7, 11) is 0. The quantitative estimate of drug-likeness (QED) is 0.436. The molecule has 0 spiro atoms. The van der Waals surface area contributed by atoms with Gasteiger partial charge in [-0.2, -0.15) is 0 Å². The Bertz CT molecular complexity index is 1300. The van der Waals surface area contributed by atoms with E-state index in [9.17, 15) is 9.18 Å². The van der Waals surface area contributed by atoms with E-state index in [1.165, 1.54) is 6.07 Å². The molecule has 0 atom stereocenters. The van der Waals surface area contributed by atoms with Gasteiger partial charge in [0.05, 0.1) is 22.3 Å². The van der Waals surface area contributed by atoms with Gasteiger partial charge >= 0.3 is 0 Å². The highest BCUT2D eigenvalue weighted by Crippen LogP contribution is 2.34. The highest BCUT2D eigenvalue weighted by molar-refractivity contribution is 6.07. The van der Waals surface area contributed by atoms with Crippen molar-refractivity contribution in [2.75, 3.05) is 0 Å². The van der Waals surface area contributed by atoms with E-state index in [1.807, 2.05) is 19.9 Å². The van der Waals surface area contributed by atoms with Gasteiger partial charge in [-0.3, -0.25) is 4.79 Å². The molecule has 6 nitrogen and oxygen atoms in total. The fourth-order valence-electron chi connectivity index (χ4n) is 4.00. The summed E-state index contributed by atoms with van der Waals surface area (Å²) in [5.74, 6) is 0.982. The zero-order valence-corrected chi connectivity index (χ0v) is 17.6. The van der Waals surface area contributed by atoms with Crippen LogP contribution in [-0.4, -0.2) is 27.0 Å². The van der Waals surface area contributed by atoms with Crippen LogP contribution in [0, 0.1) is 26.6 Å². The smallest absolute Gasteiger partial charge is 0.259 e. The second-order valence-corrected chi connectivity index (χ2v) is 8.09. The third-order valence-electron chi connectivity index (χ3n) is 5.71. The number of furan rings is 1. The van der Waals surface area contributed by atoms with Crippen LogP contribution in [0.2, 0.25) is 0 Å². The number of rotatable bonds is 5. The average molecular weight is 419 g/mol. The molecule has 1 aliphatic carbocycles. The van der Waals surface area contributed by atoms with Crippen molar-refractivity contribution in [3.05, 3.63) is 70.6 Å². The van der Waals surface area contributed by atoms with Crippen molar-refractivity contribution in [2.45, 2.75) is 46.2 Å². The predicted molar refractivity (Wildman–Crippen MR) is 113 cm³/mol. The Morgan fingerprint density at radius 3 is 2.65 bits per heavy atom. The van der Waals surface area contributed by atoms with E-state index in [1.54, 1.807) is 36.1 Å². The molecule has 158 valence electrons. The molecule has 1 saturated carbocycles. The molecule has 3 aromatic heterocycles. The molecule has 0 radical (unpaired) electrons. The number of halogens is 1. The Kier molecular flexibility index (Phi) is 4.61. The molecule has 0 bridgehead atoms. The van der Waals surface area contributed by atoms with Gasteiger partial charge in [-0.1, -0.05) is 23.4 Å². The third kappa shape index (κ3) is 3.50. The van der Waals surface area contributed by atoms with Crippen molar-refractivity contribution in [1.82, 2.24) is 15.0 Å². The van der Waals surface area contributed by atoms with E-state index in [0.29, 0.717) is 39.4 Å². The molecule has 0 aliphatic heterocycles. The van der Waals surface area contributed by atoms with Crippen molar-refractivity contribution < 1.29 is 18.1 Å².